The van der Waals surface area contributed by atoms with E-state index in [-0.39, 0.29) is 16.9 Å². The Kier molecular flexibility index (Phi) is 3.19. The molecule has 0 heterocycles. The summed E-state index contributed by atoms with van der Waals surface area (Å²) in [5.41, 5.74) is 3.47. The van der Waals surface area contributed by atoms with Crippen LogP contribution in [0.1, 0.15) is 20.3 Å². The number of Topliss-reactive ketones (excluding diaryl/α,β-unsaturated/α-hetero) is 1. The zero-order chi connectivity index (χ0) is 13.2. The number of phenols is 1. The first kappa shape index (κ1) is 12.4. The monoisotopic (exact) mass is 244 g/mol. The number of benzene rings is 1. The van der Waals surface area contributed by atoms with Gasteiger partial charge in [-0.3, -0.25) is 10.2 Å². The maximum atomic E-state index is 11.8. The molecule has 0 bridgehead atoms. The van der Waals surface area contributed by atoms with Crippen LogP contribution in [0.25, 0.3) is 0 Å². The molecular weight excluding hydrogens is 228 g/mol. The van der Waals surface area contributed by atoms with Crippen LogP contribution < -0.4 is 5.43 Å². The minimum atomic E-state index is -0.106. The Hall–Kier alpha value is -2.10. The molecule has 0 aliphatic heterocycles. The fraction of sp³-hybridized carbons (Fsp3) is 0.286. The Morgan fingerprint density at radius 2 is 2.06 bits per heavy atom. The first-order chi connectivity index (χ1) is 8.48. The third-order valence-electron chi connectivity index (χ3n) is 2.80. The van der Waals surface area contributed by atoms with E-state index in [0.717, 1.165) is 0 Å². The van der Waals surface area contributed by atoms with E-state index in [9.17, 15) is 9.90 Å². The maximum Gasteiger partial charge on any atom is 0.183 e. The highest BCUT2D eigenvalue weighted by atomic mass is 16.3. The smallest absolute Gasteiger partial charge is 0.183 e. The third kappa shape index (κ3) is 2.77. The zero-order valence-corrected chi connectivity index (χ0v) is 10.5. The summed E-state index contributed by atoms with van der Waals surface area (Å²) in [5.74, 6) is 0.111. The Balaban J connectivity index is 2.16. The number of nitrogens with one attached hydrogen (secondary N) is 1. The molecule has 1 aliphatic carbocycles. The van der Waals surface area contributed by atoms with Gasteiger partial charge in [-0.15, -0.1) is 0 Å². The van der Waals surface area contributed by atoms with Crippen molar-refractivity contribution in [3.8, 4) is 5.75 Å². The molecule has 0 amide bonds. The number of hydrazone groups is 1. The number of rotatable bonds is 2. The minimum Gasteiger partial charge on any atom is -0.506 e. The third-order valence-corrected chi connectivity index (χ3v) is 2.80. The van der Waals surface area contributed by atoms with Crippen molar-refractivity contribution in [1.82, 2.24) is 0 Å². The molecule has 1 aromatic carbocycles. The summed E-state index contributed by atoms with van der Waals surface area (Å²) in [7, 11) is 0. The molecule has 4 heteroatoms. The molecular formula is C14H16N2O2. The normalized spacial score (nSPS) is 20.1. The molecule has 0 fully saturated rings. The second-order valence-electron chi connectivity index (χ2n) is 5.05. The first-order valence-corrected chi connectivity index (χ1v) is 5.82. The number of allylic oxidation sites excluding steroid dienone is 2. The van der Waals surface area contributed by atoms with E-state index in [2.05, 4.69) is 10.5 Å². The van der Waals surface area contributed by atoms with Crippen molar-refractivity contribution in [1.29, 1.82) is 0 Å². The molecule has 2 N–H and O–H groups in total. The van der Waals surface area contributed by atoms with Gasteiger partial charge >= 0.3 is 0 Å². The molecule has 1 aromatic rings. The van der Waals surface area contributed by atoms with Gasteiger partial charge in [0.15, 0.2) is 5.78 Å². The second-order valence-corrected chi connectivity index (χ2v) is 5.05. The van der Waals surface area contributed by atoms with Gasteiger partial charge in [0.1, 0.15) is 11.5 Å². The quantitative estimate of drug-likeness (QED) is 0.621. The Labute approximate surface area is 106 Å². The fourth-order valence-electron chi connectivity index (χ4n) is 1.75. The summed E-state index contributed by atoms with van der Waals surface area (Å²) in [6.07, 6.45) is 4.14. The molecule has 0 unspecified atom stereocenters. The average Bonchev–Trinajstić information content (AvgIpc) is 2.29. The van der Waals surface area contributed by atoms with E-state index < -0.39 is 0 Å². The van der Waals surface area contributed by atoms with Crippen LogP contribution in [0.4, 0.5) is 5.69 Å². The predicted octanol–water partition coefficient (Wildman–Crippen LogP) is 2.72. The van der Waals surface area contributed by atoms with Crippen molar-refractivity contribution in [2.24, 2.45) is 10.5 Å². The van der Waals surface area contributed by atoms with Crippen LogP contribution in [0.2, 0.25) is 0 Å². The Morgan fingerprint density at radius 3 is 2.72 bits per heavy atom. The number of hydrogen-bond donors (Lipinski definition) is 2. The maximum absolute atomic E-state index is 11.8. The molecule has 0 saturated heterocycles. The van der Waals surface area contributed by atoms with Gasteiger partial charge in [0.25, 0.3) is 0 Å². The van der Waals surface area contributed by atoms with Crippen LogP contribution in [0.3, 0.4) is 0 Å². The van der Waals surface area contributed by atoms with Crippen LogP contribution in [-0.2, 0) is 4.79 Å². The number of para-hydroxylation sites is 2. The van der Waals surface area contributed by atoms with E-state index >= 15 is 0 Å². The molecule has 0 atom stereocenters. The molecule has 1 aliphatic rings. The van der Waals surface area contributed by atoms with Gasteiger partial charge < -0.3 is 5.11 Å². The lowest BCUT2D eigenvalue weighted by atomic mass is 9.82. The van der Waals surface area contributed by atoms with E-state index in [1.165, 1.54) is 0 Å². The van der Waals surface area contributed by atoms with Crippen molar-refractivity contribution < 1.29 is 9.90 Å². The fourth-order valence-corrected chi connectivity index (χ4v) is 1.75. The zero-order valence-electron chi connectivity index (χ0n) is 10.5. The van der Waals surface area contributed by atoms with Crippen LogP contribution >= 0.6 is 0 Å². The van der Waals surface area contributed by atoms with Crippen LogP contribution in [-0.4, -0.2) is 16.6 Å². The van der Waals surface area contributed by atoms with Crippen LogP contribution in [0.15, 0.2) is 41.5 Å². The topological polar surface area (TPSA) is 61.7 Å². The number of ketones is 1. The van der Waals surface area contributed by atoms with Gasteiger partial charge in [-0.2, -0.15) is 5.10 Å². The summed E-state index contributed by atoms with van der Waals surface area (Å²) in [6.45, 7) is 4.02. The lowest BCUT2D eigenvalue weighted by molar-refractivity contribution is -0.114. The lowest BCUT2D eigenvalue weighted by Gasteiger charge is -2.22. The van der Waals surface area contributed by atoms with Gasteiger partial charge in [-0.05, 0) is 23.6 Å². The molecule has 4 nitrogen and oxygen atoms in total. The molecule has 18 heavy (non-hydrogen) atoms. The van der Waals surface area contributed by atoms with Crippen molar-refractivity contribution in [2.75, 3.05) is 5.43 Å². The first-order valence-electron chi connectivity index (χ1n) is 5.82. The molecule has 0 saturated carbocycles. The minimum absolute atomic E-state index is 0.00502. The van der Waals surface area contributed by atoms with Gasteiger partial charge in [0.05, 0.1) is 5.69 Å². The van der Waals surface area contributed by atoms with Crippen molar-refractivity contribution >= 4 is 17.2 Å². The van der Waals surface area contributed by atoms with E-state index in [0.29, 0.717) is 17.8 Å². The number of hydrogen-bond acceptors (Lipinski definition) is 4. The van der Waals surface area contributed by atoms with Crippen molar-refractivity contribution in [2.45, 2.75) is 20.3 Å². The number of aromatic hydroxyl groups is 1. The van der Waals surface area contributed by atoms with Crippen molar-refractivity contribution in [3.63, 3.8) is 0 Å². The molecule has 94 valence electrons. The molecule has 0 radical (unpaired) electrons. The number of nitrogens with zero attached hydrogens (tertiary/aromatic N) is 1. The summed E-state index contributed by atoms with van der Waals surface area (Å²) in [5, 5.41) is 13.6. The van der Waals surface area contributed by atoms with Crippen LogP contribution in [0, 0.1) is 5.41 Å². The van der Waals surface area contributed by atoms with E-state index in [4.69, 9.17) is 0 Å². The standard InChI is InChI=1S/C14H16N2O2/c1-14(2)8-7-11(13(18)9-14)16-15-10-5-3-4-6-12(10)17/h3-8,15,17H,9H2,1-2H3/b16-11+. The SMILES string of the molecule is CC1(C)C=C/C(=N\Nc2ccccc2O)C(=O)C1. The molecule has 0 spiro atoms. The van der Waals surface area contributed by atoms with Gasteiger partial charge in [0.2, 0.25) is 0 Å². The molecule has 2 rings (SSSR count). The van der Waals surface area contributed by atoms with Gasteiger partial charge in [0, 0.05) is 6.42 Å². The second kappa shape index (κ2) is 4.64. The van der Waals surface area contributed by atoms with Crippen LogP contribution in [0.5, 0.6) is 5.75 Å². The number of anilines is 1. The number of phenolic OH excluding ortho intramolecular Hbond substituents is 1. The Bertz CT molecular complexity index is 530. The summed E-state index contributed by atoms with van der Waals surface area (Å²) < 4.78 is 0. The lowest BCUT2D eigenvalue weighted by Crippen LogP contribution is -2.26. The van der Waals surface area contributed by atoms with E-state index in [1.54, 1.807) is 30.3 Å². The highest BCUT2D eigenvalue weighted by Crippen LogP contribution is 2.27. The largest absolute Gasteiger partial charge is 0.506 e. The summed E-state index contributed by atoms with van der Waals surface area (Å²) >= 11 is 0. The Morgan fingerprint density at radius 1 is 1.33 bits per heavy atom. The van der Waals surface area contributed by atoms with Crippen molar-refractivity contribution in [3.05, 3.63) is 36.4 Å². The highest BCUT2D eigenvalue weighted by Gasteiger charge is 2.25. The predicted molar refractivity (Wildman–Crippen MR) is 71.7 cm³/mol. The summed E-state index contributed by atoms with van der Waals surface area (Å²) in [6, 6.07) is 6.76. The average molecular weight is 244 g/mol. The van der Waals surface area contributed by atoms with Gasteiger partial charge in [-0.1, -0.05) is 32.1 Å². The highest BCUT2D eigenvalue weighted by molar-refractivity contribution is 6.45. The summed E-state index contributed by atoms with van der Waals surface area (Å²) in [4.78, 5) is 11.8. The molecule has 0 aromatic heterocycles. The van der Waals surface area contributed by atoms with E-state index in [1.807, 2.05) is 19.9 Å². The van der Waals surface area contributed by atoms with Gasteiger partial charge in [-0.25, -0.2) is 0 Å². The number of carbonyl (C=O) groups excluding carboxylic acids is 1. The number of carbonyl (C=O) groups is 1.